The Balaban J connectivity index is 1.82. The van der Waals surface area contributed by atoms with Crippen molar-refractivity contribution in [1.82, 2.24) is 0 Å². The lowest BCUT2D eigenvalue weighted by Crippen LogP contribution is -2.35. The standard InChI is InChI=1S/C36H46O11/c1-8-39-24-19-27(40-9-2)25-21-32(47-36(38)23-17-30(42-11-4)35(45-14-7)31(18-23)43-12-5)33(46-28(25)20-24)22-15-26(37)34(44-13-6)29(16-22)41-10-3/h15-20,32-33,37H,8-14,21H2,1-7H3/t32-,33-/m1/s1. The van der Waals surface area contributed by atoms with Gasteiger partial charge in [-0.05, 0) is 72.7 Å². The first-order valence-corrected chi connectivity index (χ1v) is 16.3. The number of hydrogen-bond acceptors (Lipinski definition) is 11. The minimum absolute atomic E-state index is 0.125. The molecule has 0 radical (unpaired) electrons. The van der Waals surface area contributed by atoms with E-state index in [-0.39, 0.29) is 23.5 Å². The van der Waals surface area contributed by atoms with Gasteiger partial charge in [-0.2, -0.15) is 0 Å². The lowest BCUT2D eigenvalue weighted by atomic mass is 9.93. The van der Waals surface area contributed by atoms with E-state index in [1.165, 1.54) is 6.07 Å². The first kappa shape index (κ1) is 35.2. The second kappa shape index (κ2) is 16.8. The highest BCUT2D eigenvalue weighted by molar-refractivity contribution is 5.91. The summed E-state index contributed by atoms with van der Waals surface area (Å²) < 4.78 is 53.6. The van der Waals surface area contributed by atoms with Crippen molar-refractivity contribution in [2.45, 2.75) is 67.1 Å². The molecule has 0 spiro atoms. The molecule has 1 aliphatic heterocycles. The zero-order valence-electron chi connectivity index (χ0n) is 28.3. The van der Waals surface area contributed by atoms with Crippen LogP contribution in [0.25, 0.3) is 0 Å². The van der Waals surface area contributed by atoms with Crippen molar-refractivity contribution in [2.24, 2.45) is 0 Å². The summed E-state index contributed by atoms with van der Waals surface area (Å²) in [5, 5.41) is 11.0. The van der Waals surface area contributed by atoms with Crippen LogP contribution in [-0.4, -0.2) is 63.4 Å². The number of phenolic OH excluding ortho intramolecular Hbond substituents is 1. The molecule has 3 aromatic carbocycles. The number of aromatic hydroxyl groups is 1. The van der Waals surface area contributed by atoms with Gasteiger partial charge in [-0.1, -0.05) is 0 Å². The van der Waals surface area contributed by atoms with Crippen LogP contribution < -0.4 is 37.9 Å². The van der Waals surface area contributed by atoms with E-state index in [1.54, 1.807) is 30.3 Å². The smallest absolute Gasteiger partial charge is 0.338 e. The van der Waals surface area contributed by atoms with Crippen LogP contribution in [0.5, 0.6) is 51.7 Å². The molecular weight excluding hydrogens is 608 g/mol. The molecule has 4 rings (SSSR count). The summed E-state index contributed by atoms with van der Waals surface area (Å²) in [5.74, 6) is 2.63. The maximum atomic E-state index is 13.9. The number of rotatable bonds is 17. The van der Waals surface area contributed by atoms with Crippen molar-refractivity contribution in [2.75, 3.05) is 46.2 Å². The van der Waals surface area contributed by atoms with Crippen LogP contribution in [0.15, 0.2) is 36.4 Å². The van der Waals surface area contributed by atoms with E-state index in [0.29, 0.717) is 92.1 Å². The summed E-state index contributed by atoms with van der Waals surface area (Å²) in [4.78, 5) is 13.9. The fraction of sp³-hybridized carbons (Fsp3) is 0.472. The number of carbonyl (C=O) groups is 1. The minimum Gasteiger partial charge on any atom is -0.504 e. The molecule has 47 heavy (non-hydrogen) atoms. The van der Waals surface area contributed by atoms with Crippen LogP contribution in [0.1, 0.15) is 76.1 Å². The van der Waals surface area contributed by atoms with E-state index >= 15 is 0 Å². The Labute approximate surface area is 276 Å². The largest absolute Gasteiger partial charge is 0.504 e. The van der Waals surface area contributed by atoms with E-state index < -0.39 is 18.2 Å². The Morgan fingerprint density at radius 3 is 1.77 bits per heavy atom. The van der Waals surface area contributed by atoms with Gasteiger partial charge in [0, 0.05) is 29.7 Å². The predicted molar refractivity (Wildman–Crippen MR) is 175 cm³/mol. The molecule has 1 heterocycles. The van der Waals surface area contributed by atoms with Crippen molar-refractivity contribution in [1.29, 1.82) is 0 Å². The summed E-state index contributed by atoms with van der Waals surface area (Å²) >= 11 is 0. The highest BCUT2D eigenvalue weighted by atomic mass is 16.6. The molecule has 256 valence electrons. The summed E-state index contributed by atoms with van der Waals surface area (Å²) in [6.45, 7) is 15.6. The SMILES string of the molecule is CCOc1cc(OCC)c2c(c1)O[C@H](c1cc(O)c(OCC)c(OCC)c1)[C@H](OC(=O)c1cc(OCC)c(OCC)c(OCC)c1)C2. The number of ether oxygens (including phenoxy) is 9. The first-order chi connectivity index (χ1) is 22.8. The molecule has 2 atom stereocenters. The lowest BCUT2D eigenvalue weighted by molar-refractivity contribution is -0.0190. The van der Waals surface area contributed by atoms with Gasteiger partial charge in [0.2, 0.25) is 11.5 Å². The molecule has 0 amide bonds. The quantitative estimate of drug-likeness (QED) is 0.150. The van der Waals surface area contributed by atoms with Crippen molar-refractivity contribution >= 4 is 5.97 Å². The Hall–Kier alpha value is -4.67. The molecule has 11 nitrogen and oxygen atoms in total. The molecule has 11 heteroatoms. The minimum atomic E-state index is -0.850. The molecule has 0 saturated carbocycles. The topological polar surface area (TPSA) is 120 Å². The van der Waals surface area contributed by atoms with Gasteiger partial charge in [0.25, 0.3) is 0 Å². The van der Waals surface area contributed by atoms with Crippen molar-refractivity contribution < 1.29 is 52.5 Å². The van der Waals surface area contributed by atoms with Gasteiger partial charge in [0.15, 0.2) is 29.1 Å². The van der Waals surface area contributed by atoms with Gasteiger partial charge in [-0.3, -0.25) is 0 Å². The second-order valence-corrected chi connectivity index (χ2v) is 10.3. The van der Waals surface area contributed by atoms with Gasteiger partial charge in [-0.15, -0.1) is 0 Å². The van der Waals surface area contributed by atoms with Crippen LogP contribution in [0.2, 0.25) is 0 Å². The average molecular weight is 655 g/mol. The maximum absolute atomic E-state index is 13.9. The first-order valence-electron chi connectivity index (χ1n) is 16.3. The molecule has 0 aromatic heterocycles. The van der Waals surface area contributed by atoms with Crippen molar-refractivity contribution in [3.05, 3.63) is 53.1 Å². The number of esters is 1. The van der Waals surface area contributed by atoms with Crippen LogP contribution in [0.4, 0.5) is 0 Å². The molecule has 1 N–H and O–H groups in total. The average Bonchev–Trinajstić information content (AvgIpc) is 3.04. The van der Waals surface area contributed by atoms with Gasteiger partial charge < -0.3 is 47.7 Å². The van der Waals surface area contributed by atoms with Crippen LogP contribution in [0.3, 0.4) is 0 Å². The maximum Gasteiger partial charge on any atom is 0.338 e. The molecular formula is C36H46O11. The van der Waals surface area contributed by atoms with Crippen molar-refractivity contribution in [3.8, 4) is 51.7 Å². The molecule has 3 aromatic rings. The highest BCUT2D eigenvalue weighted by Crippen LogP contribution is 2.47. The number of phenols is 1. The van der Waals surface area contributed by atoms with E-state index in [4.69, 9.17) is 42.6 Å². The zero-order chi connectivity index (χ0) is 33.9. The van der Waals surface area contributed by atoms with Gasteiger partial charge in [-0.25, -0.2) is 4.79 Å². The Bertz CT molecular complexity index is 1480. The van der Waals surface area contributed by atoms with Crippen LogP contribution in [0, 0.1) is 0 Å². The lowest BCUT2D eigenvalue weighted by Gasteiger charge is -2.35. The third kappa shape index (κ3) is 8.19. The molecule has 1 aliphatic rings. The molecule has 0 unspecified atom stereocenters. The molecule has 0 aliphatic carbocycles. The third-order valence-corrected chi connectivity index (χ3v) is 7.13. The number of benzene rings is 3. The summed E-state index contributed by atoms with van der Waals surface area (Å²) in [5.41, 5.74) is 1.46. The molecule has 0 bridgehead atoms. The van der Waals surface area contributed by atoms with E-state index in [9.17, 15) is 9.90 Å². The Kier molecular flexibility index (Phi) is 12.5. The third-order valence-electron chi connectivity index (χ3n) is 7.13. The fourth-order valence-corrected chi connectivity index (χ4v) is 5.38. The second-order valence-electron chi connectivity index (χ2n) is 10.3. The van der Waals surface area contributed by atoms with E-state index in [2.05, 4.69) is 0 Å². The van der Waals surface area contributed by atoms with E-state index in [0.717, 1.165) is 5.56 Å². The summed E-state index contributed by atoms with van der Waals surface area (Å²) in [7, 11) is 0. The highest BCUT2D eigenvalue weighted by Gasteiger charge is 2.38. The van der Waals surface area contributed by atoms with Crippen LogP contribution in [-0.2, 0) is 11.2 Å². The van der Waals surface area contributed by atoms with Gasteiger partial charge in [0.05, 0.1) is 51.8 Å². The number of fused-ring (bicyclic) bond motifs is 1. The summed E-state index contributed by atoms with van der Waals surface area (Å²) in [6, 6.07) is 10.0. The van der Waals surface area contributed by atoms with E-state index in [1.807, 2.05) is 48.5 Å². The molecule has 0 fully saturated rings. The number of carbonyl (C=O) groups excluding carboxylic acids is 1. The van der Waals surface area contributed by atoms with Gasteiger partial charge >= 0.3 is 5.97 Å². The van der Waals surface area contributed by atoms with Crippen LogP contribution >= 0.6 is 0 Å². The molecule has 0 saturated heterocycles. The van der Waals surface area contributed by atoms with Crippen molar-refractivity contribution in [3.63, 3.8) is 0 Å². The summed E-state index contributed by atoms with van der Waals surface area (Å²) in [6.07, 6.45) is -1.45. The predicted octanol–water partition coefficient (Wildman–Crippen LogP) is 7.08. The normalized spacial score (nSPS) is 15.1. The number of hydrogen-bond donors (Lipinski definition) is 1. The zero-order valence-corrected chi connectivity index (χ0v) is 28.3. The monoisotopic (exact) mass is 654 g/mol. The fourth-order valence-electron chi connectivity index (χ4n) is 5.38. The van der Waals surface area contributed by atoms with Gasteiger partial charge in [0.1, 0.15) is 23.4 Å². The Morgan fingerprint density at radius 2 is 1.19 bits per heavy atom. The Morgan fingerprint density at radius 1 is 0.660 bits per heavy atom.